The van der Waals surface area contributed by atoms with Crippen LogP contribution in [0.1, 0.15) is 36.3 Å². The molecule has 1 unspecified atom stereocenters. The van der Waals surface area contributed by atoms with Crippen LogP contribution >= 0.6 is 12.8 Å². The first-order chi connectivity index (χ1) is 13.7. The molecule has 0 N–H and O–H groups in total. The van der Waals surface area contributed by atoms with Crippen molar-refractivity contribution in [3.8, 4) is 11.1 Å². The number of benzene rings is 1. The molecule has 4 nitrogen and oxygen atoms in total. The Kier molecular flexibility index (Phi) is 4.32. The fourth-order valence-electron chi connectivity index (χ4n) is 4.18. The highest BCUT2D eigenvalue weighted by atomic mass is 32.1. The van der Waals surface area contributed by atoms with E-state index in [0.29, 0.717) is 5.92 Å². The van der Waals surface area contributed by atoms with Gasteiger partial charge in [-0.2, -0.15) is 5.10 Å². The van der Waals surface area contributed by atoms with Gasteiger partial charge in [0, 0.05) is 42.2 Å². The van der Waals surface area contributed by atoms with Gasteiger partial charge in [0.05, 0.1) is 6.20 Å². The normalized spacial score (nSPS) is 17.1. The first kappa shape index (κ1) is 17.3. The Morgan fingerprint density at radius 3 is 2.64 bits per heavy atom. The summed E-state index contributed by atoms with van der Waals surface area (Å²) in [5, 5.41) is 5.43. The third-order valence-electron chi connectivity index (χ3n) is 5.69. The standard InChI is InChI=1S/C23H22N4S/c1-26-14-20(13-25-26)22-15-27(28)23-21(22)11-19(12-24-23)18-9-7-17(8-10-18)16-5-3-2-4-6-16/h2-6,9,11-15,17,28H,7-8,10H2,1H3. The summed E-state index contributed by atoms with van der Waals surface area (Å²) in [5.74, 6) is 0.617. The van der Waals surface area contributed by atoms with Gasteiger partial charge in [0.25, 0.3) is 0 Å². The number of aromatic nitrogens is 4. The molecule has 140 valence electrons. The summed E-state index contributed by atoms with van der Waals surface area (Å²) < 4.78 is 3.61. The van der Waals surface area contributed by atoms with Gasteiger partial charge in [-0.3, -0.25) is 8.65 Å². The molecule has 3 aromatic heterocycles. The molecule has 4 aromatic rings. The van der Waals surface area contributed by atoms with Crippen molar-refractivity contribution in [3.63, 3.8) is 0 Å². The van der Waals surface area contributed by atoms with Gasteiger partial charge >= 0.3 is 0 Å². The third-order valence-corrected chi connectivity index (χ3v) is 6.00. The van der Waals surface area contributed by atoms with E-state index in [2.05, 4.69) is 60.4 Å². The van der Waals surface area contributed by atoms with E-state index in [4.69, 9.17) is 4.98 Å². The van der Waals surface area contributed by atoms with E-state index in [-0.39, 0.29) is 0 Å². The second-order valence-electron chi connectivity index (χ2n) is 7.50. The van der Waals surface area contributed by atoms with Crippen molar-refractivity contribution in [3.05, 3.63) is 78.4 Å². The Morgan fingerprint density at radius 2 is 1.93 bits per heavy atom. The molecule has 0 saturated carbocycles. The van der Waals surface area contributed by atoms with Gasteiger partial charge in [0.2, 0.25) is 0 Å². The lowest BCUT2D eigenvalue weighted by Gasteiger charge is -2.22. The zero-order valence-corrected chi connectivity index (χ0v) is 16.7. The quantitative estimate of drug-likeness (QED) is 0.473. The maximum atomic E-state index is 4.70. The molecule has 0 saturated heterocycles. The average Bonchev–Trinajstić information content (AvgIpc) is 3.32. The van der Waals surface area contributed by atoms with E-state index < -0.39 is 0 Å². The molecule has 0 bridgehead atoms. The number of aryl methyl sites for hydroxylation is 1. The van der Waals surface area contributed by atoms with Gasteiger partial charge < -0.3 is 0 Å². The molecule has 1 aliphatic carbocycles. The minimum absolute atomic E-state index is 0.617. The highest BCUT2D eigenvalue weighted by Gasteiger charge is 2.19. The average molecular weight is 387 g/mol. The van der Waals surface area contributed by atoms with E-state index in [1.807, 2.05) is 36.5 Å². The largest absolute Gasteiger partial charge is 0.277 e. The number of hydrogen-bond donors (Lipinski definition) is 1. The second kappa shape index (κ2) is 6.99. The third kappa shape index (κ3) is 3.06. The van der Waals surface area contributed by atoms with E-state index in [1.54, 1.807) is 3.97 Å². The lowest BCUT2D eigenvalue weighted by atomic mass is 9.83. The summed E-state index contributed by atoms with van der Waals surface area (Å²) in [6, 6.07) is 13.1. The Hall–Kier alpha value is -2.79. The molecule has 0 fully saturated rings. The predicted molar refractivity (Wildman–Crippen MR) is 117 cm³/mol. The summed E-state index contributed by atoms with van der Waals surface area (Å²) in [6.45, 7) is 0. The zero-order valence-electron chi connectivity index (χ0n) is 15.8. The summed E-state index contributed by atoms with van der Waals surface area (Å²) in [4.78, 5) is 4.70. The monoisotopic (exact) mass is 386 g/mol. The highest BCUT2D eigenvalue weighted by molar-refractivity contribution is 7.78. The zero-order chi connectivity index (χ0) is 19.1. The number of pyridine rings is 1. The molecular weight excluding hydrogens is 364 g/mol. The van der Waals surface area contributed by atoms with Crippen LogP contribution < -0.4 is 0 Å². The van der Waals surface area contributed by atoms with Crippen LogP contribution in [0.3, 0.4) is 0 Å². The smallest absolute Gasteiger partial charge is 0.150 e. The molecule has 5 rings (SSSR count). The molecule has 0 spiro atoms. The highest BCUT2D eigenvalue weighted by Crippen LogP contribution is 2.37. The van der Waals surface area contributed by atoms with Crippen LogP contribution in [0.15, 0.2) is 67.3 Å². The molecule has 0 radical (unpaired) electrons. The van der Waals surface area contributed by atoms with Gasteiger partial charge in [0.15, 0.2) is 0 Å². The number of rotatable bonds is 3. The summed E-state index contributed by atoms with van der Waals surface area (Å²) in [7, 11) is 1.93. The van der Waals surface area contributed by atoms with Gasteiger partial charge in [-0.1, -0.05) is 49.2 Å². The molecule has 28 heavy (non-hydrogen) atoms. The van der Waals surface area contributed by atoms with Crippen molar-refractivity contribution >= 4 is 29.4 Å². The van der Waals surface area contributed by atoms with Crippen molar-refractivity contribution in [1.82, 2.24) is 18.7 Å². The first-order valence-corrected chi connectivity index (χ1v) is 10.0. The van der Waals surface area contributed by atoms with Crippen LogP contribution in [-0.2, 0) is 7.05 Å². The number of fused-ring (bicyclic) bond motifs is 1. The van der Waals surface area contributed by atoms with Crippen molar-refractivity contribution in [2.75, 3.05) is 0 Å². The number of allylic oxidation sites excluding steroid dienone is 2. The van der Waals surface area contributed by atoms with Crippen molar-refractivity contribution in [2.45, 2.75) is 25.2 Å². The van der Waals surface area contributed by atoms with E-state index in [1.165, 1.54) is 23.1 Å². The van der Waals surface area contributed by atoms with Crippen LogP contribution in [-0.4, -0.2) is 18.7 Å². The predicted octanol–water partition coefficient (Wildman–Crippen LogP) is 5.48. The number of hydrogen-bond acceptors (Lipinski definition) is 3. The van der Waals surface area contributed by atoms with Crippen LogP contribution in [0.5, 0.6) is 0 Å². The Bertz CT molecular complexity index is 1170. The summed E-state index contributed by atoms with van der Waals surface area (Å²) in [5.41, 5.74) is 7.13. The van der Waals surface area contributed by atoms with Crippen LogP contribution in [0.25, 0.3) is 27.7 Å². The maximum absolute atomic E-state index is 4.70. The SMILES string of the molecule is Cn1cc(-c2cn(S)c3ncc(C4=CCC(c5ccccc5)CC4)cc23)cn1. The van der Waals surface area contributed by atoms with Gasteiger partial charge in [-0.15, -0.1) is 0 Å². The lowest BCUT2D eigenvalue weighted by Crippen LogP contribution is -2.04. The van der Waals surface area contributed by atoms with Crippen molar-refractivity contribution in [2.24, 2.45) is 7.05 Å². The van der Waals surface area contributed by atoms with Crippen molar-refractivity contribution in [1.29, 1.82) is 0 Å². The molecule has 1 aliphatic rings. The van der Waals surface area contributed by atoms with Crippen LogP contribution in [0.4, 0.5) is 0 Å². The number of thiol groups is 1. The summed E-state index contributed by atoms with van der Waals surface area (Å²) >= 11 is 4.55. The Balaban J connectivity index is 1.49. The minimum atomic E-state index is 0.617. The molecule has 3 heterocycles. The van der Waals surface area contributed by atoms with E-state index >= 15 is 0 Å². The Labute approximate surface area is 170 Å². The van der Waals surface area contributed by atoms with E-state index in [0.717, 1.165) is 35.0 Å². The molecule has 0 aliphatic heterocycles. The second-order valence-corrected chi connectivity index (χ2v) is 7.93. The lowest BCUT2D eigenvalue weighted by molar-refractivity contribution is 0.625. The molecule has 0 amide bonds. The van der Waals surface area contributed by atoms with Gasteiger partial charge in [-0.05, 0) is 47.9 Å². The minimum Gasteiger partial charge on any atom is -0.277 e. The van der Waals surface area contributed by atoms with Gasteiger partial charge in [-0.25, -0.2) is 4.98 Å². The first-order valence-electron chi connectivity index (χ1n) is 9.63. The maximum Gasteiger partial charge on any atom is 0.150 e. The van der Waals surface area contributed by atoms with Gasteiger partial charge in [0.1, 0.15) is 5.65 Å². The molecule has 1 aromatic carbocycles. The fourth-order valence-corrected chi connectivity index (χ4v) is 4.46. The van der Waals surface area contributed by atoms with Crippen LogP contribution in [0, 0.1) is 0 Å². The Morgan fingerprint density at radius 1 is 1.07 bits per heavy atom. The van der Waals surface area contributed by atoms with Crippen molar-refractivity contribution < 1.29 is 0 Å². The summed E-state index contributed by atoms with van der Waals surface area (Å²) in [6.07, 6.45) is 13.7. The molecule has 1 atom stereocenters. The number of nitrogens with zero attached hydrogens (tertiary/aromatic N) is 4. The fraction of sp³-hybridized carbons (Fsp3) is 0.217. The van der Waals surface area contributed by atoms with Crippen LogP contribution in [0.2, 0.25) is 0 Å². The van der Waals surface area contributed by atoms with E-state index in [9.17, 15) is 0 Å². The molecule has 5 heteroatoms. The topological polar surface area (TPSA) is 35.6 Å². The molecular formula is C23H22N4S.